The highest BCUT2D eigenvalue weighted by molar-refractivity contribution is 5.68. The summed E-state index contributed by atoms with van der Waals surface area (Å²) < 4.78 is 5.43. The number of hydrogen-bond donors (Lipinski definition) is 1. The van der Waals surface area contributed by atoms with Gasteiger partial charge in [-0.05, 0) is 32.8 Å². The molecule has 112 valence electrons. The second-order valence-corrected chi connectivity index (χ2v) is 5.84. The molecule has 1 unspecified atom stereocenters. The van der Waals surface area contributed by atoms with E-state index in [1.54, 1.807) is 4.90 Å². The minimum atomic E-state index is -0.542. The third-order valence-electron chi connectivity index (χ3n) is 2.95. The summed E-state index contributed by atoms with van der Waals surface area (Å²) in [5.74, 6) is 0. The van der Waals surface area contributed by atoms with E-state index in [-0.39, 0.29) is 18.7 Å². The van der Waals surface area contributed by atoms with Crippen molar-refractivity contribution in [2.24, 2.45) is 0 Å². The van der Waals surface area contributed by atoms with Crippen molar-refractivity contribution in [3.63, 3.8) is 0 Å². The van der Waals surface area contributed by atoms with Gasteiger partial charge in [-0.15, -0.1) is 0 Å². The monoisotopic (exact) mass is 279 g/mol. The van der Waals surface area contributed by atoms with E-state index >= 15 is 0 Å². The zero-order valence-corrected chi connectivity index (χ0v) is 12.8. The summed E-state index contributed by atoms with van der Waals surface area (Å²) in [5.41, 5.74) is 0.477. The Morgan fingerprint density at radius 2 is 1.90 bits per heavy atom. The lowest BCUT2D eigenvalue weighted by Gasteiger charge is -2.32. The highest BCUT2D eigenvalue weighted by Gasteiger charge is 2.27. The Labute approximate surface area is 121 Å². The zero-order chi connectivity index (χ0) is 15.2. The highest BCUT2D eigenvalue weighted by atomic mass is 16.6. The van der Waals surface area contributed by atoms with Crippen molar-refractivity contribution in [2.45, 2.75) is 52.3 Å². The van der Waals surface area contributed by atoms with E-state index in [1.165, 1.54) is 0 Å². The van der Waals surface area contributed by atoms with Crippen LogP contribution in [0.2, 0.25) is 0 Å². The molecular weight excluding hydrogens is 254 g/mol. The highest BCUT2D eigenvalue weighted by Crippen LogP contribution is 2.16. The molecule has 1 atom stereocenters. The number of rotatable bonds is 5. The smallest absolute Gasteiger partial charge is 0.410 e. The second-order valence-electron chi connectivity index (χ2n) is 5.84. The number of amides is 1. The van der Waals surface area contributed by atoms with Gasteiger partial charge in [0.15, 0.2) is 0 Å². The van der Waals surface area contributed by atoms with Crippen LogP contribution in [0.3, 0.4) is 0 Å². The molecule has 1 aromatic carbocycles. The number of aliphatic hydroxyl groups is 1. The van der Waals surface area contributed by atoms with Gasteiger partial charge in [0.25, 0.3) is 0 Å². The molecule has 0 heterocycles. The number of ether oxygens (including phenoxy) is 1. The van der Waals surface area contributed by atoms with E-state index in [1.807, 2.05) is 58.0 Å². The molecule has 0 bridgehead atoms. The maximum Gasteiger partial charge on any atom is 0.410 e. The van der Waals surface area contributed by atoms with Crippen LogP contribution in [0.1, 0.15) is 39.7 Å². The summed E-state index contributed by atoms with van der Waals surface area (Å²) in [6.45, 7) is 7.84. The molecular formula is C16H25NO3. The number of nitrogens with zero attached hydrogens (tertiary/aromatic N) is 1. The molecule has 1 aromatic rings. The molecule has 0 saturated heterocycles. The van der Waals surface area contributed by atoms with Gasteiger partial charge in [-0.2, -0.15) is 0 Å². The molecule has 0 saturated carbocycles. The Bertz CT molecular complexity index is 407. The lowest BCUT2D eigenvalue weighted by atomic mass is 10.1. The van der Waals surface area contributed by atoms with E-state index in [2.05, 4.69) is 0 Å². The summed E-state index contributed by atoms with van der Waals surface area (Å²) in [6, 6.07) is 9.49. The van der Waals surface area contributed by atoms with Crippen molar-refractivity contribution < 1.29 is 14.6 Å². The van der Waals surface area contributed by atoms with Crippen LogP contribution in [-0.4, -0.2) is 34.3 Å². The van der Waals surface area contributed by atoms with Crippen LogP contribution in [0.15, 0.2) is 30.3 Å². The molecule has 1 rings (SSSR count). The molecule has 0 radical (unpaired) electrons. The first-order chi connectivity index (χ1) is 9.37. The van der Waals surface area contributed by atoms with Crippen molar-refractivity contribution >= 4 is 6.09 Å². The molecule has 1 amide bonds. The molecule has 0 aliphatic rings. The average Bonchev–Trinajstić information content (AvgIpc) is 2.38. The zero-order valence-electron chi connectivity index (χ0n) is 12.8. The molecule has 0 fully saturated rings. The van der Waals surface area contributed by atoms with Gasteiger partial charge in [0.05, 0.1) is 12.6 Å². The van der Waals surface area contributed by atoms with Crippen LogP contribution in [-0.2, 0) is 11.3 Å². The van der Waals surface area contributed by atoms with Crippen LogP contribution >= 0.6 is 0 Å². The number of carbonyl (C=O) groups excluding carboxylic acids is 1. The summed E-state index contributed by atoms with van der Waals surface area (Å²) in [7, 11) is 0. The fraction of sp³-hybridized carbons (Fsp3) is 0.562. The number of benzene rings is 1. The lowest BCUT2D eigenvalue weighted by Crippen LogP contribution is -2.44. The fourth-order valence-corrected chi connectivity index (χ4v) is 1.89. The average molecular weight is 279 g/mol. The van der Waals surface area contributed by atoms with Crippen LogP contribution < -0.4 is 0 Å². The van der Waals surface area contributed by atoms with E-state index in [0.29, 0.717) is 13.0 Å². The Morgan fingerprint density at radius 1 is 1.30 bits per heavy atom. The lowest BCUT2D eigenvalue weighted by molar-refractivity contribution is 0.00639. The predicted molar refractivity (Wildman–Crippen MR) is 79.4 cm³/mol. The maximum absolute atomic E-state index is 12.3. The van der Waals surface area contributed by atoms with Gasteiger partial charge >= 0.3 is 6.09 Å². The summed E-state index contributed by atoms with van der Waals surface area (Å²) >= 11 is 0. The standard InChI is InChI=1S/C16H25NO3/c1-5-14(12-18)17(15(19)20-16(2,3)4)11-13-9-7-6-8-10-13/h6-10,14,18H,5,11-12H2,1-4H3. The van der Waals surface area contributed by atoms with Crippen molar-refractivity contribution in [1.82, 2.24) is 4.90 Å². The van der Waals surface area contributed by atoms with E-state index in [4.69, 9.17) is 4.74 Å². The number of aliphatic hydroxyl groups excluding tert-OH is 1. The SMILES string of the molecule is CCC(CO)N(Cc1ccccc1)C(=O)OC(C)(C)C. The second kappa shape index (κ2) is 7.29. The van der Waals surface area contributed by atoms with Gasteiger partial charge in [0.2, 0.25) is 0 Å². The summed E-state index contributed by atoms with van der Waals surface area (Å²) in [6.07, 6.45) is 0.296. The minimum absolute atomic E-state index is 0.0669. The Morgan fingerprint density at radius 3 is 2.35 bits per heavy atom. The molecule has 0 aliphatic heterocycles. The minimum Gasteiger partial charge on any atom is -0.444 e. The van der Waals surface area contributed by atoms with Gasteiger partial charge in [-0.3, -0.25) is 4.90 Å². The molecule has 0 spiro atoms. The topological polar surface area (TPSA) is 49.8 Å². The van der Waals surface area contributed by atoms with E-state index < -0.39 is 5.60 Å². The van der Waals surface area contributed by atoms with Crippen molar-refractivity contribution in [1.29, 1.82) is 0 Å². The van der Waals surface area contributed by atoms with Gasteiger partial charge in [0, 0.05) is 6.54 Å². The van der Waals surface area contributed by atoms with Crippen molar-refractivity contribution in [2.75, 3.05) is 6.61 Å². The molecule has 1 N–H and O–H groups in total. The Hall–Kier alpha value is -1.55. The van der Waals surface area contributed by atoms with Gasteiger partial charge in [-0.1, -0.05) is 37.3 Å². The normalized spacial score (nSPS) is 12.8. The van der Waals surface area contributed by atoms with Crippen LogP contribution in [0.25, 0.3) is 0 Å². The van der Waals surface area contributed by atoms with Crippen LogP contribution in [0.4, 0.5) is 4.79 Å². The van der Waals surface area contributed by atoms with Crippen LogP contribution in [0, 0.1) is 0 Å². The molecule has 20 heavy (non-hydrogen) atoms. The Balaban J connectivity index is 2.88. The molecule has 0 aliphatic carbocycles. The number of carbonyl (C=O) groups is 1. The summed E-state index contributed by atoms with van der Waals surface area (Å²) in [5, 5.41) is 9.47. The predicted octanol–water partition coefficient (Wildman–Crippen LogP) is 3.19. The van der Waals surface area contributed by atoms with E-state index in [9.17, 15) is 9.90 Å². The maximum atomic E-state index is 12.3. The fourth-order valence-electron chi connectivity index (χ4n) is 1.89. The van der Waals surface area contributed by atoms with Crippen molar-refractivity contribution in [3.8, 4) is 0 Å². The quantitative estimate of drug-likeness (QED) is 0.900. The Kier molecular flexibility index (Phi) is 6.02. The summed E-state index contributed by atoms with van der Waals surface area (Å²) in [4.78, 5) is 13.9. The first-order valence-corrected chi connectivity index (χ1v) is 7.01. The molecule has 0 aromatic heterocycles. The van der Waals surface area contributed by atoms with Crippen molar-refractivity contribution in [3.05, 3.63) is 35.9 Å². The molecule has 4 nitrogen and oxygen atoms in total. The van der Waals surface area contributed by atoms with Gasteiger partial charge < -0.3 is 9.84 Å². The number of hydrogen-bond acceptors (Lipinski definition) is 3. The molecule has 4 heteroatoms. The van der Waals surface area contributed by atoms with E-state index in [0.717, 1.165) is 5.56 Å². The van der Waals surface area contributed by atoms with Gasteiger partial charge in [0.1, 0.15) is 5.60 Å². The largest absolute Gasteiger partial charge is 0.444 e. The first kappa shape index (κ1) is 16.5. The van der Waals surface area contributed by atoms with Gasteiger partial charge in [-0.25, -0.2) is 4.79 Å². The first-order valence-electron chi connectivity index (χ1n) is 7.01. The third-order valence-corrected chi connectivity index (χ3v) is 2.95. The van der Waals surface area contributed by atoms with Crippen LogP contribution in [0.5, 0.6) is 0 Å². The third kappa shape index (κ3) is 5.21.